The lowest BCUT2D eigenvalue weighted by molar-refractivity contribution is -0.153. The molecule has 0 spiro atoms. The maximum Gasteiger partial charge on any atom is 0.422 e. The highest BCUT2D eigenvalue weighted by atomic mass is 19.4. The quantitative estimate of drug-likeness (QED) is 0.634. The molecule has 1 aromatic carbocycles. The molecule has 0 fully saturated rings. The van der Waals surface area contributed by atoms with E-state index in [0.717, 1.165) is 0 Å². The van der Waals surface area contributed by atoms with E-state index in [1.807, 2.05) is 0 Å². The van der Waals surface area contributed by atoms with Crippen LogP contribution in [0.2, 0.25) is 0 Å². The Labute approximate surface area is 74.9 Å². The van der Waals surface area contributed by atoms with Gasteiger partial charge in [0, 0.05) is 0 Å². The van der Waals surface area contributed by atoms with Crippen molar-refractivity contribution < 1.29 is 17.9 Å². The monoisotopic (exact) mass is 186 g/mol. The summed E-state index contributed by atoms with van der Waals surface area (Å²) in [7, 11) is 5.34. The van der Waals surface area contributed by atoms with Crippen molar-refractivity contribution in [2.45, 2.75) is 6.18 Å². The number of ether oxygens (including phenoxy) is 1. The van der Waals surface area contributed by atoms with Crippen molar-refractivity contribution in [3.63, 3.8) is 0 Å². The van der Waals surface area contributed by atoms with Crippen LogP contribution in [0.3, 0.4) is 0 Å². The van der Waals surface area contributed by atoms with Gasteiger partial charge >= 0.3 is 6.18 Å². The summed E-state index contributed by atoms with van der Waals surface area (Å²) in [4.78, 5) is 0. The van der Waals surface area contributed by atoms with Crippen molar-refractivity contribution in [1.29, 1.82) is 0 Å². The van der Waals surface area contributed by atoms with Gasteiger partial charge in [0.15, 0.2) is 6.61 Å². The second-order valence-electron chi connectivity index (χ2n) is 2.48. The van der Waals surface area contributed by atoms with Crippen molar-refractivity contribution in [3.8, 4) is 5.75 Å². The lowest BCUT2D eigenvalue weighted by Gasteiger charge is -2.09. The van der Waals surface area contributed by atoms with E-state index in [1.54, 1.807) is 6.07 Å². The highest BCUT2D eigenvalue weighted by Crippen LogP contribution is 2.17. The highest BCUT2D eigenvalue weighted by Gasteiger charge is 2.28. The van der Waals surface area contributed by atoms with Gasteiger partial charge in [0.25, 0.3) is 0 Å². The predicted octanol–water partition coefficient (Wildman–Crippen LogP) is 1.42. The fourth-order valence-corrected chi connectivity index (χ4v) is 0.769. The average Bonchev–Trinajstić information content (AvgIpc) is 2.00. The molecule has 0 aromatic heterocycles. The third-order valence-electron chi connectivity index (χ3n) is 1.26. The molecule has 0 aliphatic rings. The lowest BCUT2D eigenvalue weighted by Crippen LogP contribution is -2.19. The molecule has 0 aliphatic carbocycles. The van der Waals surface area contributed by atoms with Crippen molar-refractivity contribution >= 4 is 13.3 Å². The first-order chi connectivity index (χ1) is 5.97. The Bertz CT molecular complexity index is 285. The maximum atomic E-state index is 11.7. The Kier molecular flexibility index (Phi) is 2.85. The smallest absolute Gasteiger partial charge is 0.422 e. The molecular formula is C8H6BF3O. The van der Waals surface area contributed by atoms with Gasteiger partial charge < -0.3 is 4.74 Å². The van der Waals surface area contributed by atoms with E-state index >= 15 is 0 Å². The molecule has 0 saturated carbocycles. The molecular weight excluding hydrogens is 180 g/mol. The summed E-state index contributed by atoms with van der Waals surface area (Å²) < 4.78 is 39.5. The summed E-state index contributed by atoms with van der Waals surface area (Å²) in [6.07, 6.45) is -4.31. The van der Waals surface area contributed by atoms with Crippen LogP contribution in [0, 0.1) is 0 Å². The zero-order valence-corrected chi connectivity index (χ0v) is 6.64. The fraction of sp³-hybridized carbons (Fsp3) is 0.250. The SMILES string of the molecule is [B]c1cccc(OCC(F)(F)F)c1. The fourth-order valence-electron chi connectivity index (χ4n) is 0.769. The number of hydrogen-bond donors (Lipinski definition) is 0. The summed E-state index contributed by atoms with van der Waals surface area (Å²) in [5, 5.41) is 0. The molecule has 68 valence electrons. The first-order valence-electron chi connectivity index (χ1n) is 3.52. The molecule has 1 aromatic rings. The van der Waals surface area contributed by atoms with Gasteiger partial charge in [-0.3, -0.25) is 0 Å². The molecule has 0 amide bonds. The van der Waals surface area contributed by atoms with Gasteiger partial charge in [-0.1, -0.05) is 17.6 Å². The minimum Gasteiger partial charge on any atom is -0.484 e. The molecule has 0 heterocycles. The standard InChI is InChI=1S/C8H6BF3O/c9-6-2-1-3-7(4-6)13-5-8(10,11)12/h1-4H,5H2. The van der Waals surface area contributed by atoms with Crippen LogP contribution in [0.15, 0.2) is 24.3 Å². The first-order valence-corrected chi connectivity index (χ1v) is 3.52. The van der Waals surface area contributed by atoms with Gasteiger partial charge in [0.05, 0.1) is 0 Å². The van der Waals surface area contributed by atoms with E-state index in [1.165, 1.54) is 18.2 Å². The number of halogens is 3. The summed E-state index contributed by atoms with van der Waals surface area (Å²) in [5.74, 6) is 0.123. The lowest BCUT2D eigenvalue weighted by atomic mass is 9.96. The Morgan fingerprint density at radius 1 is 1.31 bits per heavy atom. The largest absolute Gasteiger partial charge is 0.484 e. The van der Waals surface area contributed by atoms with Crippen LogP contribution >= 0.6 is 0 Å². The molecule has 0 atom stereocenters. The summed E-state index contributed by atoms with van der Waals surface area (Å²) >= 11 is 0. The Morgan fingerprint density at radius 2 is 2.00 bits per heavy atom. The molecule has 1 nitrogen and oxygen atoms in total. The number of alkyl halides is 3. The predicted molar refractivity (Wildman–Crippen MR) is 43.4 cm³/mol. The van der Waals surface area contributed by atoms with Crippen LogP contribution < -0.4 is 10.2 Å². The van der Waals surface area contributed by atoms with E-state index in [9.17, 15) is 13.2 Å². The van der Waals surface area contributed by atoms with Gasteiger partial charge in [-0.2, -0.15) is 13.2 Å². The molecule has 0 aliphatic heterocycles. The van der Waals surface area contributed by atoms with Crippen molar-refractivity contribution in [3.05, 3.63) is 24.3 Å². The Balaban J connectivity index is 2.55. The van der Waals surface area contributed by atoms with E-state index < -0.39 is 12.8 Å². The van der Waals surface area contributed by atoms with Crippen molar-refractivity contribution in [2.24, 2.45) is 0 Å². The summed E-state index contributed by atoms with van der Waals surface area (Å²) in [5.41, 5.74) is 0.375. The van der Waals surface area contributed by atoms with Crippen LogP contribution in [0.4, 0.5) is 13.2 Å². The molecule has 13 heavy (non-hydrogen) atoms. The molecule has 2 radical (unpaired) electrons. The zero-order valence-electron chi connectivity index (χ0n) is 6.64. The molecule has 0 unspecified atom stereocenters. The van der Waals surface area contributed by atoms with Crippen LogP contribution in [0.25, 0.3) is 0 Å². The highest BCUT2D eigenvalue weighted by molar-refractivity contribution is 6.32. The van der Waals surface area contributed by atoms with Crippen LogP contribution in [-0.4, -0.2) is 20.6 Å². The Morgan fingerprint density at radius 3 is 2.54 bits per heavy atom. The third-order valence-corrected chi connectivity index (χ3v) is 1.26. The summed E-state index contributed by atoms with van der Waals surface area (Å²) in [6, 6.07) is 5.86. The van der Waals surface area contributed by atoms with Crippen LogP contribution in [0.5, 0.6) is 5.75 Å². The van der Waals surface area contributed by atoms with E-state index in [0.29, 0.717) is 5.46 Å². The topological polar surface area (TPSA) is 9.23 Å². The van der Waals surface area contributed by atoms with Gasteiger partial charge in [-0.25, -0.2) is 0 Å². The van der Waals surface area contributed by atoms with Gasteiger partial charge in [-0.15, -0.1) is 0 Å². The van der Waals surface area contributed by atoms with Crippen molar-refractivity contribution in [1.82, 2.24) is 0 Å². The number of hydrogen-bond acceptors (Lipinski definition) is 1. The number of benzene rings is 1. The minimum atomic E-state index is -4.31. The van der Waals surface area contributed by atoms with Crippen LogP contribution in [0.1, 0.15) is 0 Å². The van der Waals surface area contributed by atoms with E-state index in [-0.39, 0.29) is 5.75 Å². The second-order valence-corrected chi connectivity index (χ2v) is 2.48. The average molecular weight is 186 g/mol. The van der Waals surface area contributed by atoms with Crippen molar-refractivity contribution in [2.75, 3.05) is 6.61 Å². The minimum absolute atomic E-state index is 0.123. The number of rotatable bonds is 2. The molecule has 0 saturated heterocycles. The molecule has 0 N–H and O–H groups in total. The molecule has 0 bridgehead atoms. The van der Waals surface area contributed by atoms with Gasteiger partial charge in [0.2, 0.25) is 0 Å². The van der Waals surface area contributed by atoms with Gasteiger partial charge in [-0.05, 0) is 12.1 Å². The zero-order chi connectivity index (χ0) is 9.90. The Hall–Kier alpha value is -1.13. The normalized spacial score (nSPS) is 11.3. The summed E-state index contributed by atoms with van der Waals surface area (Å²) in [6.45, 7) is -1.30. The van der Waals surface area contributed by atoms with Crippen LogP contribution in [-0.2, 0) is 0 Å². The van der Waals surface area contributed by atoms with Gasteiger partial charge in [0.1, 0.15) is 13.6 Å². The third kappa shape index (κ3) is 3.87. The molecule has 5 heteroatoms. The molecule has 1 rings (SSSR count). The van der Waals surface area contributed by atoms with E-state index in [4.69, 9.17) is 7.85 Å². The first kappa shape index (κ1) is 9.96. The van der Waals surface area contributed by atoms with E-state index in [2.05, 4.69) is 4.74 Å². The maximum absolute atomic E-state index is 11.7. The second kappa shape index (κ2) is 3.72.